The predicted octanol–water partition coefficient (Wildman–Crippen LogP) is 3.55. The molecule has 3 aliphatic heterocycles. The van der Waals surface area contributed by atoms with E-state index in [9.17, 15) is 19.8 Å². The second-order valence-electron chi connectivity index (χ2n) is 13.0. The first-order valence-electron chi connectivity index (χ1n) is 13.5. The highest BCUT2D eigenvalue weighted by atomic mass is 16.6. The number of aliphatic hydroxyl groups excluding tert-OH is 1. The summed E-state index contributed by atoms with van der Waals surface area (Å²) in [4.78, 5) is 24.5. The Morgan fingerprint density at radius 2 is 1.92 bits per heavy atom. The molecule has 0 bridgehead atoms. The molecule has 7 heteroatoms. The van der Waals surface area contributed by atoms with Crippen molar-refractivity contribution in [1.82, 2.24) is 0 Å². The van der Waals surface area contributed by atoms with Gasteiger partial charge >= 0.3 is 11.9 Å². The minimum absolute atomic E-state index is 0.00725. The van der Waals surface area contributed by atoms with Gasteiger partial charge in [-0.25, -0.2) is 9.59 Å². The summed E-state index contributed by atoms with van der Waals surface area (Å²) in [7, 11) is 0. The van der Waals surface area contributed by atoms with Crippen molar-refractivity contribution in [3.05, 3.63) is 47.6 Å². The lowest BCUT2D eigenvalue weighted by Crippen LogP contribution is -2.50. The normalized spacial score (nSPS) is 48.6. The molecule has 6 aliphatic rings. The smallest absolute Gasteiger partial charge is 0.333 e. The van der Waals surface area contributed by atoms with E-state index in [1.54, 1.807) is 13.0 Å². The van der Waals surface area contributed by atoms with Crippen LogP contribution in [0.5, 0.6) is 0 Å². The number of allylic oxidation sites excluding steroid dienone is 2. The Morgan fingerprint density at radius 3 is 2.62 bits per heavy atom. The number of fused-ring (bicyclic) bond motifs is 4. The zero-order chi connectivity index (χ0) is 26.7. The molecule has 2 saturated carbocycles. The van der Waals surface area contributed by atoms with E-state index >= 15 is 0 Å². The van der Waals surface area contributed by atoms with Crippen LogP contribution in [0, 0.1) is 29.1 Å². The fourth-order valence-corrected chi connectivity index (χ4v) is 8.76. The van der Waals surface area contributed by atoms with Gasteiger partial charge in [0.05, 0.1) is 17.6 Å². The third-order valence-corrected chi connectivity index (χ3v) is 10.6. The van der Waals surface area contributed by atoms with E-state index in [4.69, 9.17) is 14.2 Å². The first-order chi connectivity index (χ1) is 17.2. The maximum Gasteiger partial charge on any atom is 0.333 e. The van der Waals surface area contributed by atoms with Crippen LogP contribution in [0.1, 0.15) is 60.3 Å². The van der Waals surface area contributed by atoms with Crippen LogP contribution in [0.4, 0.5) is 0 Å². The summed E-state index contributed by atoms with van der Waals surface area (Å²) in [5, 5.41) is 24.0. The molecule has 2 N–H and O–H groups in total. The number of rotatable bonds is 2. The fraction of sp³-hybridized carbons (Fsp3) is 0.667. The summed E-state index contributed by atoms with van der Waals surface area (Å²) in [5.41, 5.74) is -0.703. The molecule has 3 fully saturated rings. The van der Waals surface area contributed by atoms with Gasteiger partial charge in [-0.3, -0.25) is 0 Å². The van der Waals surface area contributed by atoms with Crippen molar-refractivity contribution in [3.8, 4) is 0 Å². The molecule has 0 unspecified atom stereocenters. The monoisotopic (exact) mass is 510 g/mol. The average Bonchev–Trinajstić information content (AvgIpc) is 3.52. The SMILES string of the molecule is C=C1C([C@@H](C)[C@H]2CC=C(C)C(=O)O2)=CC[C@]2(C)[C@H]1C[C@]1(O)[C@H]3O[C@]34C=CC(=O)OC(C)(C)[C@@H]4[C@H](O)C[C@@H]21. The Kier molecular flexibility index (Phi) is 5.20. The lowest BCUT2D eigenvalue weighted by Gasteiger charge is -2.45. The summed E-state index contributed by atoms with van der Waals surface area (Å²) in [5.74, 6) is -1.47. The predicted molar refractivity (Wildman–Crippen MR) is 135 cm³/mol. The van der Waals surface area contributed by atoms with Gasteiger partial charge in [0.25, 0.3) is 0 Å². The molecule has 7 nitrogen and oxygen atoms in total. The molecule has 3 heterocycles. The van der Waals surface area contributed by atoms with Crippen molar-refractivity contribution in [2.24, 2.45) is 29.1 Å². The Balaban J connectivity index is 1.34. The van der Waals surface area contributed by atoms with Gasteiger partial charge in [-0.2, -0.15) is 0 Å². The molecule has 0 aromatic carbocycles. The van der Waals surface area contributed by atoms with Crippen molar-refractivity contribution < 1.29 is 34.0 Å². The van der Waals surface area contributed by atoms with Crippen molar-refractivity contribution >= 4 is 11.9 Å². The number of carbonyl (C=O) groups excluding carboxylic acids is 2. The van der Waals surface area contributed by atoms with Gasteiger partial charge in [-0.05, 0) is 74.5 Å². The molecule has 200 valence electrons. The van der Waals surface area contributed by atoms with Crippen molar-refractivity contribution in [2.45, 2.75) is 95.4 Å². The van der Waals surface area contributed by atoms with E-state index in [0.717, 1.165) is 17.6 Å². The van der Waals surface area contributed by atoms with Crippen LogP contribution in [-0.2, 0) is 23.8 Å². The van der Waals surface area contributed by atoms with E-state index < -0.39 is 40.9 Å². The zero-order valence-corrected chi connectivity index (χ0v) is 22.3. The first-order valence-corrected chi connectivity index (χ1v) is 13.5. The van der Waals surface area contributed by atoms with Crippen molar-refractivity contribution in [3.63, 3.8) is 0 Å². The minimum Gasteiger partial charge on any atom is -0.458 e. The molecular weight excluding hydrogens is 472 g/mol. The van der Waals surface area contributed by atoms with E-state index in [1.165, 1.54) is 6.08 Å². The zero-order valence-electron chi connectivity index (χ0n) is 22.3. The number of hydrogen-bond donors (Lipinski definition) is 2. The molecule has 37 heavy (non-hydrogen) atoms. The molecular formula is C30H38O7. The van der Waals surface area contributed by atoms with Gasteiger partial charge in [-0.1, -0.05) is 32.6 Å². The molecule has 0 amide bonds. The van der Waals surface area contributed by atoms with E-state index in [-0.39, 0.29) is 35.2 Å². The molecule has 3 aliphatic carbocycles. The topological polar surface area (TPSA) is 106 Å². The number of aliphatic hydroxyl groups is 2. The lowest BCUT2D eigenvalue weighted by molar-refractivity contribution is -0.163. The summed E-state index contributed by atoms with van der Waals surface area (Å²) < 4.78 is 17.8. The molecule has 10 atom stereocenters. The Hall–Kier alpha value is -2.22. The minimum atomic E-state index is -1.18. The second-order valence-corrected chi connectivity index (χ2v) is 13.0. The van der Waals surface area contributed by atoms with Gasteiger partial charge in [0.1, 0.15) is 23.4 Å². The molecule has 1 spiro atoms. The number of cyclic esters (lactones) is 2. The van der Waals surface area contributed by atoms with Gasteiger partial charge < -0.3 is 24.4 Å². The first kappa shape index (κ1) is 25.1. The highest BCUT2D eigenvalue weighted by molar-refractivity contribution is 5.88. The van der Waals surface area contributed by atoms with Crippen LogP contribution in [0.2, 0.25) is 0 Å². The Bertz CT molecular complexity index is 1180. The van der Waals surface area contributed by atoms with Gasteiger partial charge in [0.15, 0.2) is 0 Å². The van der Waals surface area contributed by atoms with Crippen LogP contribution < -0.4 is 0 Å². The van der Waals surface area contributed by atoms with Gasteiger partial charge in [0, 0.05) is 24.0 Å². The number of carbonyl (C=O) groups is 2. The van der Waals surface area contributed by atoms with Crippen LogP contribution in [-0.4, -0.2) is 57.3 Å². The summed E-state index contributed by atoms with van der Waals surface area (Å²) in [6.07, 6.45) is 7.89. The van der Waals surface area contributed by atoms with Crippen molar-refractivity contribution in [2.75, 3.05) is 0 Å². The summed E-state index contributed by atoms with van der Waals surface area (Å²) >= 11 is 0. The average molecular weight is 511 g/mol. The van der Waals surface area contributed by atoms with Crippen molar-refractivity contribution in [1.29, 1.82) is 0 Å². The fourth-order valence-electron chi connectivity index (χ4n) is 8.76. The lowest BCUT2D eigenvalue weighted by atomic mass is 9.61. The number of esters is 2. The van der Waals surface area contributed by atoms with Crippen LogP contribution in [0.25, 0.3) is 0 Å². The van der Waals surface area contributed by atoms with Crippen LogP contribution in [0.15, 0.2) is 47.6 Å². The summed E-state index contributed by atoms with van der Waals surface area (Å²) in [6, 6.07) is 0. The number of epoxide rings is 1. The van der Waals surface area contributed by atoms with Gasteiger partial charge in [-0.15, -0.1) is 0 Å². The molecule has 6 rings (SSSR count). The van der Waals surface area contributed by atoms with E-state index in [0.29, 0.717) is 24.8 Å². The Labute approximate surface area is 218 Å². The summed E-state index contributed by atoms with van der Waals surface area (Å²) in [6.45, 7) is 14.2. The number of ether oxygens (including phenoxy) is 3. The van der Waals surface area contributed by atoms with Crippen LogP contribution in [0.3, 0.4) is 0 Å². The Morgan fingerprint density at radius 1 is 1.19 bits per heavy atom. The third-order valence-electron chi connectivity index (χ3n) is 10.6. The highest BCUT2D eigenvalue weighted by Crippen LogP contribution is 2.70. The van der Waals surface area contributed by atoms with Crippen LogP contribution >= 0.6 is 0 Å². The van der Waals surface area contributed by atoms with E-state index in [1.807, 2.05) is 19.9 Å². The molecule has 0 aromatic rings. The highest BCUT2D eigenvalue weighted by Gasteiger charge is 2.79. The quantitative estimate of drug-likeness (QED) is 0.432. The largest absolute Gasteiger partial charge is 0.458 e. The molecule has 1 saturated heterocycles. The van der Waals surface area contributed by atoms with E-state index in [2.05, 4.69) is 26.5 Å². The second kappa shape index (κ2) is 7.67. The number of hydrogen-bond acceptors (Lipinski definition) is 7. The third kappa shape index (κ3) is 3.29. The maximum absolute atomic E-state index is 12.4. The standard InChI is InChI=1S/C30H38O7/c1-15-7-8-21(35-25(15)33)17(3)18-9-11-28(6)19(16(18)2)14-29(34)22(28)13-20(31)24-27(4,5)36-23(32)10-12-30(24)26(29)37-30/h7,9-10,12,17,19-22,24,26,31,34H,2,8,11,13-14H2,1,3-6H3/t17-,19+,20-,21-,22+,24+,26-,28-,29-,30+/m1/s1. The molecule has 0 radical (unpaired) electrons. The molecule has 0 aromatic heterocycles. The maximum atomic E-state index is 12.4. The van der Waals surface area contributed by atoms with Gasteiger partial charge in [0.2, 0.25) is 0 Å².